The highest BCUT2D eigenvalue weighted by atomic mass is 127. The lowest BCUT2D eigenvalue weighted by molar-refractivity contribution is 0.445. The van der Waals surface area contributed by atoms with Crippen LogP contribution in [0.15, 0.2) is 35.5 Å². The summed E-state index contributed by atoms with van der Waals surface area (Å²) in [6, 6.07) is 8.23. The summed E-state index contributed by atoms with van der Waals surface area (Å²) in [5, 5.41) is 7.68. The van der Waals surface area contributed by atoms with E-state index < -0.39 is 10.0 Å². The fraction of sp³-hybridized carbons (Fsp3) is 0.526. The normalized spacial score (nSPS) is 12.2. The summed E-state index contributed by atoms with van der Waals surface area (Å²) >= 11 is 0. The standard InChI is InChI=1S/C19H31N5O2S.HI/c1-4-20-19(22-13-14-27(25,26)24(5-2)6-3)21-12-11-16-15-23-18-10-8-7-9-17(16)18;/h7-10,15,23H,4-6,11-14H2,1-3H3,(H2,20,21,22);1H. The SMILES string of the molecule is CCNC(=NCCS(=O)(=O)N(CC)CC)NCCc1c[nH]c2ccccc12.I. The average Bonchev–Trinajstić information content (AvgIpc) is 3.05. The van der Waals surface area contributed by atoms with Crippen molar-refractivity contribution in [3.63, 3.8) is 0 Å². The van der Waals surface area contributed by atoms with Gasteiger partial charge in [-0.15, -0.1) is 24.0 Å². The van der Waals surface area contributed by atoms with Crippen LogP contribution in [0.3, 0.4) is 0 Å². The number of rotatable bonds is 10. The van der Waals surface area contributed by atoms with Crippen molar-refractivity contribution in [3.8, 4) is 0 Å². The maximum absolute atomic E-state index is 12.2. The molecule has 9 heteroatoms. The van der Waals surface area contributed by atoms with Crippen LogP contribution in [0.5, 0.6) is 0 Å². The van der Waals surface area contributed by atoms with Gasteiger partial charge in [-0.1, -0.05) is 32.0 Å². The number of hydrogen-bond donors (Lipinski definition) is 3. The molecule has 0 aliphatic heterocycles. The maximum Gasteiger partial charge on any atom is 0.215 e. The molecule has 0 fully saturated rings. The van der Waals surface area contributed by atoms with Crippen LogP contribution in [0.4, 0.5) is 0 Å². The van der Waals surface area contributed by atoms with Gasteiger partial charge in [0.2, 0.25) is 10.0 Å². The molecule has 2 aromatic rings. The van der Waals surface area contributed by atoms with Crippen LogP contribution in [-0.4, -0.2) is 62.1 Å². The lowest BCUT2D eigenvalue weighted by atomic mass is 10.1. The maximum atomic E-state index is 12.2. The van der Waals surface area contributed by atoms with Gasteiger partial charge in [-0.2, -0.15) is 0 Å². The van der Waals surface area contributed by atoms with Gasteiger partial charge >= 0.3 is 0 Å². The van der Waals surface area contributed by atoms with Crippen molar-refractivity contribution in [1.29, 1.82) is 0 Å². The largest absolute Gasteiger partial charge is 0.361 e. The van der Waals surface area contributed by atoms with Crippen LogP contribution in [0.25, 0.3) is 10.9 Å². The first-order valence-electron chi connectivity index (χ1n) is 9.56. The molecular formula is C19H32IN5O2S. The molecule has 1 aromatic carbocycles. The van der Waals surface area contributed by atoms with Crippen LogP contribution >= 0.6 is 24.0 Å². The highest BCUT2D eigenvalue weighted by molar-refractivity contribution is 14.0. The number of benzene rings is 1. The zero-order chi connectivity index (χ0) is 19.7. The molecule has 0 aliphatic rings. The predicted molar refractivity (Wildman–Crippen MR) is 128 cm³/mol. The number of nitrogens with zero attached hydrogens (tertiary/aromatic N) is 2. The van der Waals surface area contributed by atoms with Crippen LogP contribution in [-0.2, 0) is 16.4 Å². The van der Waals surface area contributed by atoms with E-state index in [1.54, 1.807) is 0 Å². The Bertz CT molecular complexity index is 847. The molecule has 1 heterocycles. The molecule has 0 bridgehead atoms. The quantitative estimate of drug-likeness (QED) is 0.255. The van der Waals surface area contributed by atoms with Crippen molar-refractivity contribution in [3.05, 3.63) is 36.0 Å². The van der Waals surface area contributed by atoms with E-state index in [1.807, 2.05) is 39.1 Å². The fourth-order valence-corrected chi connectivity index (χ4v) is 4.38. The second kappa shape index (κ2) is 12.3. The minimum atomic E-state index is -3.25. The van der Waals surface area contributed by atoms with E-state index in [1.165, 1.54) is 15.3 Å². The smallest absolute Gasteiger partial charge is 0.215 e. The minimum absolute atomic E-state index is 0. The summed E-state index contributed by atoms with van der Waals surface area (Å²) in [5.41, 5.74) is 2.38. The third-order valence-corrected chi connectivity index (χ3v) is 6.43. The topological polar surface area (TPSA) is 89.6 Å². The minimum Gasteiger partial charge on any atom is -0.361 e. The predicted octanol–water partition coefficient (Wildman–Crippen LogP) is 2.56. The Morgan fingerprint density at radius 2 is 1.86 bits per heavy atom. The Morgan fingerprint density at radius 1 is 1.14 bits per heavy atom. The zero-order valence-electron chi connectivity index (χ0n) is 16.9. The number of H-pyrrole nitrogens is 1. The molecule has 7 nitrogen and oxygen atoms in total. The van der Waals surface area contributed by atoms with Gasteiger partial charge < -0.3 is 15.6 Å². The average molecular weight is 521 g/mol. The molecule has 0 spiro atoms. The summed E-state index contributed by atoms with van der Waals surface area (Å²) in [6.45, 7) is 8.35. The van der Waals surface area contributed by atoms with E-state index in [4.69, 9.17) is 0 Å². The summed E-state index contributed by atoms with van der Waals surface area (Å²) in [6.07, 6.45) is 2.89. The molecule has 0 amide bonds. The molecule has 0 unspecified atom stereocenters. The molecule has 1 aromatic heterocycles. The highest BCUT2D eigenvalue weighted by Crippen LogP contribution is 2.17. The van der Waals surface area contributed by atoms with Crippen LogP contribution < -0.4 is 10.6 Å². The van der Waals surface area contributed by atoms with E-state index in [2.05, 4.69) is 32.7 Å². The monoisotopic (exact) mass is 521 g/mol. The van der Waals surface area contributed by atoms with Gasteiger partial charge in [0.15, 0.2) is 5.96 Å². The Kier molecular flexibility index (Phi) is 10.8. The highest BCUT2D eigenvalue weighted by Gasteiger charge is 2.17. The van der Waals surface area contributed by atoms with Gasteiger partial charge in [-0.25, -0.2) is 12.7 Å². The molecule has 0 radical (unpaired) electrons. The number of hydrogen-bond acceptors (Lipinski definition) is 3. The van der Waals surface area contributed by atoms with Crippen molar-refractivity contribution in [2.45, 2.75) is 27.2 Å². The number of nitrogens with one attached hydrogen (secondary N) is 3. The van der Waals surface area contributed by atoms with Gasteiger partial charge in [-0.3, -0.25) is 4.99 Å². The Hall–Kier alpha value is -1.33. The number of fused-ring (bicyclic) bond motifs is 1. The van der Waals surface area contributed by atoms with E-state index in [0.717, 1.165) is 25.0 Å². The van der Waals surface area contributed by atoms with Crippen molar-refractivity contribution >= 4 is 50.9 Å². The molecule has 0 saturated carbocycles. The summed E-state index contributed by atoms with van der Waals surface area (Å²) in [4.78, 5) is 7.69. The van der Waals surface area contributed by atoms with Crippen LogP contribution in [0.2, 0.25) is 0 Å². The Morgan fingerprint density at radius 3 is 2.54 bits per heavy atom. The third kappa shape index (κ3) is 6.93. The number of sulfonamides is 1. The summed E-state index contributed by atoms with van der Waals surface area (Å²) < 4.78 is 25.9. The molecule has 3 N–H and O–H groups in total. The van der Waals surface area contributed by atoms with Gasteiger partial charge in [0.05, 0.1) is 12.3 Å². The van der Waals surface area contributed by atoms with Gasteiger partial charge in [0, 0.05) is 43.3 Å². The number of para-hydroxylation sites is 1. The first-order valence-corrected chi connectivity index (χ1v) is 11.2. The van der Waals surface area contributed by atoms with Crippen molar-refractivity contribution in [1.82, 2.24) is 19.9 Å². The lowest BCUT2D eigenvalue weighted by Crippen LogP contribution is -2.39. The van der Waals surface area contributed by atoms with E-state index in [0.29, 0.717) is 19.0 Å². The molecule has 0 aliphatic carbocycles. The third-order valence-electron chi connectivity index (χ3n) is 4.42. The second-order valence-electron chi connectivity index (χ2n) is 6.20. The van der Waals surface area contributed by atoms with Gasteiger partial charge in [-0.05, 0) is 25.0 Å². The van der Waals surface area contributed by atoms with Crippen molar-refractivity contribution < 1.29 is 8.42 Å². The molecule has 28 heavy (non-hydrogen) atoms. The molecular weight excluding hydrogens is 489 g/mol. The number of aliphatic imine (C=N–C) groups is 1. The number of aromatic nitrogens is 1. The van der Waals surface area contributed by atoms with E-state index in [-0.39, 0.29) is 36.3 Å². The van der Waals surface area contributed by atoms with E-state index in [9.17, 15) is 8.42 Å². The van der Waals surface area contributed by atoms with E-state index >= 15 is 0 Å². The van der Waals surface area contributed by atoms with Crippen molar-refractivity contribution in [2.75, 3.05) is 38.5 Å². The number of guanidine groups is 1. The molecule has 2 rings (SSSR count). The second-order valence-corrected chi connectivity index (χ2v) is 8.29. The van der Waals surface area contributed by atoms with Gasteiger partial charge in [0.25, 0.3) is 0 Å². The Labute approximate surface area is 185 Å². The molecule has 0 atom stereocenters. The van der Waals surface area contributed by atoms with Crippen molar-refractivity contribution in [2.24, 2.45) is 4.99 Å². The first-order chi connectivity index (χ1) is 13.0. The zero-order valence-corrected chi connectivity index (χ0v) is 20.0. The van der Waals surface area contributed by atoms with Crippen LogP contribution in [0, 0.1) is 0 Å². The first kappa shape index (κ1) is 24.7. The summed E-state index contributed by atoms with van der Waals surface area (Å²) in [7, 11) is -3.25. The van der Waals surface area contributed by atoms with Crippen LogP contribution in [0.1, 0.15) is 26.3 Å². The molecule has 0 saturated heterocycles. The lowest BCUT2D eigenvalue weighted by Gasteiger charge is -2.17. The number of halogens is 1. The number of aromatic amines is 1. The fourth-order valence-electron chi connectivity index (χ4n) is 3.01. The Balaban J connectivity index is 0.00000392. The molecule has 158 valence electrons. The summed E-state index contributed by atoms with van der Waals surface area (Å²) in [5.74, 6) is 0.667. The van der Waals surface area contributed by atoms with Gasteiger partial charge in [0.1, 0.15) is 0 Å².